The van der Waals surface area contributed by atoms with Gasteiger partial charge in [0.25, 0.3) is 0 Å². The Bertz CT molecular complexity index is 1300. The van der Waals surface area contributed by atoms with Crippen molar-refractivity contribution < 1.29 is 13.9 Å². The lowest BCUT2D eigenvalue weighted by Crippen LogP contribution is -2.55. The fraction of sp³-hybridized carbons (Fsp3) is 0.529. The van der Waals surface area contributed by atoms with Crippen molar-refractivity contribution in [1.82, 2.24) is 24.3 Å². The van der Waals surface area contributed by atoms with E-state index in [4.69, 9.17) is 15.5 Å². The number of carbonyl (C=O) groups excluding carboxylic acids is 1. The molecule has 0 saturated carbocycles. The fourth-order valence-electron chi connectivity index (χ4n) is 6.43. The van der Waals surface area contributed by atoms with Gasteiger partial charge in [-0.25, -0.2) is 14.2 Å². The number of likely N-dealkylation sites (tertiary alicyclic amines) is 1. The summed E-state index contributed by atoms with van der Waals surface area (Å²) in [5, 5.41) is 0. The standard InChI is InChI=1S/C34H47FN6O2/c1-34(2,3)31(32-37-30(27-12-8-5-9-13-27)25-40(32)23-26-10-6-4-7-11-26)41(24-28(35)22-36)33(42)39-16-14-29(15-17-39)38-18-20-43-21-19-38/h4-13,25,28-29,31H,14-24,36H2,1-3H3. The van der Waals surface area contributed by atoms with Gasteiger partial charge in [0.2, 0.25) is 0 Å². The Labute approximate surface area is 255 Å². The Morgan fingerprint density at radius 2 is 1.65 bits per heavy atom. The predicted octanol–water partition coefficient (Wildman–Crippen LogP) is 5.20. The molecule has 0 bridgehead atoms. The van der Waals surface area contributed by atoms with Crippen molar-refractivity contribution in [1.29, 1.82) is 0 Å². The molecule has 5 rings (SSSR count). The third kappa shape index (κ3) is 7.63. The first-order valence-corrected chi connectivity index (χ1v) is 15.6. The number of hydrogen-bond acceptors (Lipinski definition) is 5. The number of urea groups is 1. The van der Waals surface area contributed by atoms with E-state index in [0.717, 1.165) is 61.8 Å². The molecule has 1 aromatic heterocycles. The first-order valence-electron chi connectivity index (χ1n) is 15.6. The lowest BCUT2D eigenvalue weighted by molar-refractivity contribution is 0.000209. The van der Waals surface area contributed by atoms with E-state index >= 15 is 4.39 Å². The fourth-order valence-corrected chi connectivity index (χ4v) is 6.43. The molecule has 2 saturated heterocycles. The summed E-state index contributed by atoms with van der Waals surface area (Å²) in [6, 6.07) is 20.1. The zero-order valence-electron chi connectivity index (χ0n) is 25.9. The average Bonchev–Trinajstić information content (AvgIpc) is 3.43. The van der Waals surface area contributed by atoms with Crippen molar-refractivity contribution in [2.24, 2.45) is 11.1 Å². The molecule has 2 aromatic carbocycles. The number of alkyl halides is 1. The molecule has 232 valence electrons. The Kier molecular flexibility index (Phi) is 10.2. The van der Waals surface area contributed by atoms with E-state index < -0.39 is 17.6 Å². The van der Waals surface area contributed by atoms with E-state index in [-0.39, 0.29) is 19.1 Å². The first kappa shape index (κ1) is 31.2. The lowest BCUT2D eigenvalue weighted by Gasteiger charge is -2.45. The molecule has 2 atom stereocenters. The molecule has 3 heterocycles. The summed E-state index contributed by atoms with van der Waals surface area (Å²) in [4.78, 5) is 25.7. The van der Waals surface area contributed by atoms with Crippen molar-refractivity contribution in [3.63, 3.8) is 0 Å². The van der Waals surface area contributed by atoms with Crippen molar-refractivity contribution in [3.05, 3.63) is 78.2 Å². The van der Waals surface area contributed by atoms with Gasteiger partial charge in [-0.1, -0.05) is 81.4 Å². The minimum atomic E-state index is -1.34. The van der Waals surface area contributed by atoms with Gasteiger partial charge < -0.3 is 24.8 Å². The van der Waals surface area contributed by atoms with Crippen LogP contribution >= 0.6 is 0 Å². The summed E-state index contributed by atoms with van der Waals surface area (Å²) in [5.74, 6) is 0.746. The van der Waals surface area contributed by atoms with Crippen LogP contribution in [0.25, 0.3) is 11.3 Å². The van der Waals surface area contributed by atoms with Gasteiger partial charge in [-0.15, -0.1) is 0 Å². The molecule has 2 N–H and O–H groups in total. The number of imidazole rings is 1. The maximum absolute atomic E-state index is 15.2. The summed E-state index contributed by atoms with van der Waals surface area (Å²) in [6.45, 7) is 11.3. The van der Waals surface area contributed by atoms with Crippen LogP contribution in [-0.2, 0) is 11.3 Å². The summed E-state index contributed by atoms with van der Waals surface area (Å²) >= 11 is 0. The number of nitrogens with two attached hydrogens (primary N) is 1. The van der Waals surface area contributed by atoms with E-state index in [9.17, 15) is 4.79 Å². The topological polar surface area (TPSA) is 79.9 Å². The number of nitrogens with zero attached hydrogens (tertiary/aromatic N) is 5. The van der Waals surface area contributed by atoms with Gasteiger partial charge in [0.05, 0.1) is 31.5 Å². The highest BCUT2D eigenvalue weighted by Gasteiger charge is 2.41. The number of rotatable bonds is 9. The Hall–Kier alpha value is -3.27. The second-order valence-corrected chi connectivity index (χ2v) is 12.9. The van der Waals surface area contributed by atoms with Gasteiger partial charge >= 0.3 is 6.03 Å². The van der Waals surface area contributed by atoms with Crippen LogP contribution in [0, 0.1) is 5.41 Å². The summed E-state index contributed by atoms with van der Waals surface area (Å²) in [7, 11) is 0. The van der Waals surface area contributed by atoms with Gasteiger partial charge in [-0.2, -0.15) is 0 Å². The molecule has 2 unspecified atom stereocenters. The highest BCUT2D eigenvalue weighted by Crippen LogP contribution is 2.40. The third-order valence-corrected chi connectivity index (χ3v) is 8.64. The van der Waals surface area contributed by atoms with Gasteiger partial charge in [-0.3, -0.25) is 4.90 Å². The molecule has 0 radical (unpaired) electrons. The second-order valence-electron chi connectivity index (χ2n) is 12.9. The Balaban J connectivity index is 1.49. The minimum absolute atomic E-state index is 0.0838. The molecule has 2 aliphatic heterocycles. The molecule has 0 spiro atoms. The summed E-state index contributed by atoms with van der Waals surface area (Å²) in [6.07, 6.45) is 2.52. The van der Waals surface area contributed by atoms with Crippen LogP contribution < -0.4 is 5.73 Å². The van der Waals surface area contributed by atoms with Crippen molar-refractivity contribution >= 4 is 6.03 Å². The molecular formula is C34H47FN6O2. The number of hydrogen-bond donors (Lipinski definition) is 1. The van der Waals surface area contributed by atoms with Crippen LogP contribution in [-0.4, -0.2) is 95.0 Å². The van der Waals surface area contributed by atoms with Crippen LogP contribution in [0.4, 0.5) is 9.18 Å². The van der Waals surface area contributed by atoms with Gasteiger partial charge in [0.15, 0.2) is 0 Å². The molecule has 43 heavy (non-hydrogen) atoms. The molecule has 9 heteroatoms. The van der Waals surface area contributed by atoms with E-state index in [1.807, 2.05) is 53.4 Å². The molecule has 8 nitrogen and oxygen atoms in total. The van der Waals surface area contributed by atoms with E-state index in [1.54, 1.807) is 4.90 Å². The van der Waals surface area contributed by atoms with Crippen molar-refractivity contribution in [2.75, 3.05) is 52.5 Å². The number of amides is 2. The smallest absolute Gasteiger partial charge is 0.320 e. The Morgan fingerprint density at radius 1 is 1.02 bits per heavy atom. The number of piperidine rings is 1. The summed E-state index contributed by atoms with van der Waals surface area (Å²) in [5.41, 5.74) is 8.31. The zero-order valence-corrected chi connectivity index (χ0v) is 25.9. The Morgan fingerprint density at radius 3 is 2.26 bits per heavy atom. The average molecular weight is 591 g/mol. The largest absolute Gasteiger partial charge is 0.379 e. The molecule has 2 aliphatic rings. The van der Waals surface area contributed by atoms with Gasteiger partial charge in [0.1, 0.15) is 12.0 Å². The number of aromatic nitrogens is 2. The van der Waals surface area contributed by atoms with Crippen LogP contribution in [0.15, 0.2) is 66.9 Å². The number of ether oxygens (including phenoxy) is 1. The highest BCUT2D eigenvalue weighted by molar-refractivity contribution is 5.75. The minimum Gasteiger partial charge on any atom is -0.379 e. The zero-order chi connectivity index (χ0) is 30.4. The van der Waals surface area contributed by atoms with Gasteiger partial charge in [0, 0.05) is 57.1 Å². The lowest BCUT2D eigenvalue weighted by atomic mass is 9.84. The van der Waals surface area contributed by atoms with Gasteiger partial charge in [-0.05, 0) is 23.8 Å². The molecule has 2 amide bonds. The molecule has 3 aromatic rings. The van der Waals surface area contributed by atoms with E-state index in [0.29, 0.717) is 25.7 Å². The normalized spacial score (nSPS) is 18.4. The maximum atomic E-state index is 15.2. The van der Waals surface area contributed by atoms with Crippen LogP contribution in [0.3, 0.4) is 0 Å². The number of carbonyl (C=O) groups is 1. The maximum Gasteiger partial charge on any atom is 0.320 e. The van der Waals surface area contributed by atoms with Crippen molar-refractivity contribution in [3.8, 4) is 11.3 Å². The number of benzene rings is 2. The van der Waals surface area contributed by atoms with Crippen LogP contribution in [0.5, 0.6) is 0 Å². The molecular weight excluding hydrogens is 543 g/mol. The summed E-state index contributed by atoms with van der Waals surface area (Å²) < 4.78 is 22.9. The first-order chi connectivity index (χ1) is 20.7. The monoisotopic (exact) mass is 590 g/mol. The third-order valence-electron chi connectivity index (χ3n) is 8.64. The van der Waals surface area contributed by atoms with Crippen LogP contribution in [0.1, 0.15) is 51.0 Å². The second kappa shape index (κ2) is 14.0. The van der Waals surface area contributed by atoms with Crippen LogP contribution in [0.2, 0.25) is 0 Å². The number of morpholine rings is 1. The number of halogens is 1. The predicted molar refractivity (Wildman–Crippen MR) is 168 cm³/mol. The quantitative estimate of drug-likeness (QED) is 0.371. The SMILES string of the molecule is CC(C)(C)C(c1nc(-c2ccccc2)cn1Cc1ccccc1)N(CC(F)CN)C(=O)N1CCC(N2CCOCC2)CC1. The molecule has 2 fully saturated rings. The highest BCUT2D eigenvalue weighted by atomic mass is 19.1. The van der Waals surface area contributed by atoms with E-state index in [2.05, 4.69) is 48.6 Å². The van der Waals surface area contributed by atoms with E-state index in [1.165, 1.54) is 0 Å². The molecule has 0 aliphatic carbocycles. The van der Waals surface area contributed by atoms with Crippen molar-refractivity contribution in [2.45, 2.75) is 58.4 Å².